The Kier molecular flexibility index (Phi) is 5.02. The van der Waals surface area contributed by atoms with Crippen LogP contribution < -0.4 is 0 Å². The molecule has 2 aromatic heterocycles. The smallest absolute Gasteiger partial charge is 0.0992 e. The third-order valence-electron chi connectivity index (χ3n) is 8.17. The van der Waals surface area contributed by atoms with E-state index in [4.69, 9.17) is 0 Å². The van der Waals surface area contributed by atoms with Crippen molar-refractivity contribution in [3.8, 4) is 28.6 Å². The lowest BCUT2D eigenvalue weighted by Gasteiger charge is -2.16. The average molecular weight is 512 g/mol. The molecule has 1 aliphatic carbocycles. The Hall–Kier alpha value is -5.33. The van der Waals surface area contributed by atoms with Gasteiger partial charge in [-0.25, -0.2) is 0 Å². The molecular formula is C37H25N3. The van der Waals surface area contributed by atoms with E-state index in [1.807, 2.05) is 12.1 Å². The molecule has 0 saturated heterocycles. The molecule has 3 nitrogen and oxygen atoms in total. The monoisotopic (exact) mass is 511 g/mol. The van der Waals surface area contributed by atoms with Crippen molar-refractivity contribution in [2.75, 3.05) is 0 Å². The van der Waals surface area contributed by atoms with Crippen LogP contribution in [-0.4, -0.2) is 9.13 Å². The summed E-state index contributed by atoms with van der Waals surface area (Å²) in [6, 6.07) is 43.1. The molecule has 0 saturated carbocycles. The van der Waals surface area contributed by atoms with E-state index in [0.29, 0.717) is 5.56 Å². The average Bonchev–Trinajstić information content (AvgIpc) is 3.54. The van der Waals surface area contributed by atoms with Gasteiger partial charge in [-0.1, -0.05) is 78.9 Å². The molecule has 5 aromatic carbocycles. The Bertz CT molecular complexity index is 2130. The zero-order valence-electron chi connectivity index (χ0n) is 21.9. The van der Waals surface area contributed by atoms with Crippen LogP contribution in [0, 0.1) is 11.3 Å². The van der Waals surface area contributed by atoms with Gasteiger partial charge in [-0.2, -0.15) is 5.26 Å². The number of nitrogens with zero attached hydrogens (tertiary/aromatic N) is 3. The summed E-state index contributed by atoms with van der Waals surface area (Å²) in [6.45, 7) is 0. The number of fused-ring (bicyclic) bond motifs is 6. The fraction of sp³-hybridized carbons (Fsp3) is 0.0541. The Morgan fingerprint density at radius 2 is 1.23 bits per heavy atom. The highest BCUT2D eigenvalue weighted by Crippen LogP contribution is 2.37. The number of hydrogen-bond donors (Lipinski definition) is 0. The van der Waals surface area contributed by atoms with Crippen molar-refractivity contribution in [1.82, 2.24) is 9.13 Å². The minimum atomic E-state index is 0.660. The summed E-state index contributed by atoms with van der Waals surface area (Å²) >= 11 is 0. The van der Waals surface area contributed by atoms with Gasteiger partial charge in [0, 0.05) is 38.8 Å². The summed E-state index contributed by atoms with van der Waals surface area (Å²) in [7, 11) is 0. The first-order valence-electron chi connectivity index (χ1n) is 13.7. The topological polar surface area (TPSA) is 33.6 Å². The SMILES string of the molecule is N#Cc1cc(-c2cccc(-n3c4ccccc4c4ccccc43)c2)cc(-n2c3c(c4ccccc42)C=CCC3)c1. The number of benzene rings is 5. The Balaban J connectivity index is 1.34. The maximum atomic E-state index is 10.0. The van der Waals surface area contributed by atoms with Crippen LogP contribution >= 0.6 is 0 Å². The van der Waals surface area contributed by atoms with Gasteiger partial charge in [0.25, 0.3) is 0 Å². The Morgan fingerprint density at radius 1 is 0.575 bits per heavy atom. The van der Waals surface area contributed by atoms with Crippen molar-refractivity contribution in [3.63, 3.8) is 0 Å². The number of nitriles is 1. The highest BCUT2D eigenvalue weighted by atomic mass is 15.0. The van der Waals surface area contributed by atoms with Crippen molar-refractivity contribution in [3.05, 3.63) is 138 Å². The van der Waals surface area contributed by atoms with E-state index in [1.54, 1.807) is 0 Å². The summed E-state index contributed by atoms with van der Waals surface area (Å²) in [5, 5.41) is 13.8. The van der Waals surface area contributed by atoms with Gasteiger partial charge in [0.15, 0.2) is 0 Å². The van der Waals surface area contributed by atoms with E-state index in [2.05, 4.69) is 130 Å². The number of hydrogen-bond acceptors (Lipinski definition) is 1. The molecule has 8 rings (SSSR count). The third-order valence-corrected chi connectivity index (χ3v) is 8.17. The summed E-state index contributed by atoms with van der Waals surface area (Å²) in [5.74, 6) is 0. The second-order valence-corrected chi connectivity index (χ2v) is 10.5. The first-order chi connectivity index (χ1) is 19.8. The predicted octanol–water partition coefficient (Wildman–Crippen LogP) is 9.23. The van der Waals surface area contributed by atoms with Gasteiger partial charge in [0.2, 0.25) is 0 Å². The van der Waals surface area contributed by atoms with Crippen molar-refractivity contribution in [2.45, 2.75) is 12.8 Å². The molecule has 7 aromatic rings. The number of para-hydroxylation sites is 3. The lowest BCUT2D eigenvalue weighted by atomic mass is 10.0. The fourth-order valence-corrected chi connectivity index (χ4v) is 6.46. The molecule has 0 unspecified atom stereocenters. The highest BCUT2D eigenvalue weighted by molar-refractivity contribution is 6.09. The van der Waals surface area contributed by atoms with E-state index >= 15 is 0 Å². The fourth-order valence-electron chi connectivity index (χ4n) is 6.46. The minimum Gasteiger partial charge on any atom is -0.313 e. The minimum absolute atomic E-state index is 0.660. The molecule has 1 aliphatic rings. The van der Waals surface area contributed by atoms with Crippen molar-refractivity contribution < 1.29 is 0 Å². The van der Waals surface area contributed by atoms with E-state index in [0.717, 1.165) is 35.3 Å². The first-order valence-corrected chi connectivity index (χ1v) is 13.7. The molecule has 0 amide bonds. The predicted molar refractivity (Wildman–Crippen MR) is 165 cm³/mol. The zero-order chi connectivity index (χ0) is 26.6. The van der Waals surface area contributed by atoms with E-state index in [-0.39, 0.29) is 0 Å². The molecule has 0 N–H and O–H groups in total. The van der Waals surface area contributed by atoms with E-state index in [1.165, 1.54) is 44.0 Å². The van der Waals surface area contributed by atoms with Crippen LogP contribution in [0.4, 0.5) is 0 Å². The van der Waals surface area contributed by atoms with Crippen LogP contribution in [0.15, 0.2) is 121 Å². The van der Waals surface area contributed by atoms with Gasteiger partial charge in [-0.3, -0.25) is 0 Å². The first kappa shape index (κ1) is 22.6. The highest BCUT2D eigenvalue weighted by Gasteiger charge is 2.19. The van der Waals surface area contributed by atoms with Gasteiger partial charge in [-0.15, -0.1) is 0 Å². The Morgan fingerprint density at radius 3 is 1.95 bits per heavy atom. The van der Waals surface area contributed by atoms with Gasteiger partial charge in [0.05, 0.1) is 28.2 Å². The maximum Gasteiger partial charge on any atom is 0.0992 e. The van der Waals surface area contributed by atoms with Crippen LogP contribution in [0.2, 0.25) is 0 Å². The van der Waals surface area contributed by atoms with Crippen molar-refractivity contribution >= 4 is 38.8 Å². The quantitative estimate of drug-likeness (QED) is 0.233. The summed E-state index contributed by atoms with van der Waals surface area (Å²) in [4.78, 5) is 0. The van der Waals surface area contributed by atoms with Gasteiger partial charge in [0.1, 0.15) is 0 Å². The molecule has 0 fully saturated rings. The molecule has 0 radical (unpaired) electrons. The van der Waals surface area contributed by atoms with Crippen LogP contribution in [0.5, 0.6) is 0 Å². The molecular weight excluding hydrogens is 486 g/mol. The summed E-state index contributed by atoms with van der Waals surface area (Å²) in [5.41, 5.74) is 11.1. The van der Waals surface area contributed by atoms with Crippen LogP contribution in [-0.2, 0) is 6.42 Å². The molecule has 3 heteroatoms. The summed E-state index contributed by atoms with van der Waals surface area (Å²) in [6.07, 6.45) is 6.52. The van der Waals surface area contributed by atoms with E-state index < -0.39 is 0 Å². The molecule has 0 aliphatic heterocycles. The molecule has 188 valence electrons. The van der Waals surface area contributed by atoms with Crippen molar-refractivity contribution in [2.24, 2.45) is 0 Å². The van der Waals surface area contributed by atoms with Crippen molar-refractivity contribution in [1.29, 1.82) is 5.26 Å². The number of allylic oxidation sites excluding steroid dienone is 1. The Labute approximate surface area is 232 Å². The van der Waals surface area contributed by atoms with Gasteiger partial charge in [-0.05, 0) is 72.5 Å². The maximum absolute atomic E-state index is 10.0. The lowest BCUT2D eigenvalue weighted by Crippen LogP contribution is -2.03. The van der Waals surface area contributed by atoms with Crippen LogP contribution in [0.3, 0.4) is 0 Å². The van der Waals surface area contributed by atoms with Gasteiger partial charge >= 0.3 is 0 Å². The molecule has 0 atom stereocenters. The lowest BCUT2D eigenvalue weighted by molar-refractivity contribution is 0.888. The third kappa shape index (κ3) is 3.37. The van der Waals surface area contributed by atoms with Crippen LogP contribution in [0.1, 0.15) is 23.2 Å². The summed E-state index contributed by atoms with van der Waals surface area (Å²) < 4.78 is 4.70. The molecule has 2 heterocycles. The molecule has 0 spiro atoms. The number of aromatic nitrogens is 2. The molecule has 40 heavy (non-hydrogen) atoms. The second kappa shape index (κ2) is 8.86. The van der Waals surface area contributed by atoms with E-state index in [9.17, 15) is 5.26 Å². The largest absolute Gasteiger partial charge is 0.313 e. The van der Waals surface area contributed by atoms with Gasteiger partial charge < -0.3 is 9.13 Å². The number of rotatable bonds is 3. The van der Waals surface area contributed by atoms with Crippen LogP contribution in [0.25, 0.3) is 61.3 Å². The standard InChI is InChI=1S/C37H25N3/c38-24-25-20-27(23-29(21-25)40-36-18-7-3-14-32(36)33-15-4-8-19-37(33)40)26-10-9-11-28(22-26)39-34-16-5-1-12-30(34)31-13-2-6-17-35(31)39/h1-7,9-18,20-23H,8,19H2. The second-order valence-electron chi connectivity index (χ2n) is 10.5. The molecule has 0 bridgehead atoms. The zero-order valence-corrected chi connectivity index (χ0v) is 21.9. The normalized spacial score (nSPS) is 12.7.